The third-order valence-corrected chi connectivity index (χ3v) is 4.01. The van der Waals surface area contributed by atoms with E-state index in [1.165, 1.54) is 37.3 Å². The number of phenolic OH excluding ortho intramolecular Hbond substituents is 2. The molecule has 124 valence electrons. The van der Waals surface area contributed by atoms with Gasteiger partial charge in [0, 0.05) is 12.0 Å². The lowest BCUT2D eigenvalue weighted by atomic mass is 9.83. The molecule has 6 nitrogen and oxygen atoms in total. The number of aromatic hydroxyl groups is 2. The number of carbonyl (C=O) groups is 2. The monoisotopic (exact) mass is 320 g/mol. The van der Waals surface area contributed by atoms with Gasteiger partial charge in [-0.2, -0.15) is 0 Å². The number of ketones is 1. The molecule has 0 heterocycles. The second kappa shape index (κ2) is 7.28. The van der Waals surface area contributed by atoms with Crippen LogP contribution in [0.15, 0.2) is 24.3 Å². The molecule has 0 amide bonds. The predicted octanol–water partition coefficient (Wildman–Crippen LogP) is 1.77. The van der Waals surface area contributed by atoms with E-state index in [1.807, 2.05) is 0 Å². The second-order valence-corrected chi connectivity index (χ2v) is 5.74. The summed E-state index contributed by atoms with van der Waals surface area (Å²) in [6.07, 6.45) is 2.51. The molecule has 0 bridgehead atoms. The Kier molecular flexibility index (Phi) is 5.39. The van der Waals surface area contributed by atoms with Gasteiger partial charge in [0.15, 0.2) is 11.5 Å². The molecule has 0 spiro atoms. The van der Waals surface area contributed by atoms with Gasteiger partial charge in [-0.25, -0.2) is 4.79 Å². The predicted molar refractivity (Wildman–Crippen MR) is 82.7 cm³/mol. The maximum atomic E-state index is 11.8. The largest absolute Gasteiger partial charge is 0.504 e. The van der Waals surface area contributed by atoms with Crippen molar-refractivity contribution in [3.05, 3.63) is 29.8 Å². The van der Waals surface area contributed by atoms with Crippen LogP contribution in [0.2, 0.25) is 0 Å². The average Bonchev–Trinajstić information content (AvgIpc) is 2.50. The van der Waals surface area contributed by atoms with E-state index < -0.39 is 18.2 Å². The lowest BCUT2D eigenvalue weighted by molar-refractivity contribution is -0.154. The average molecular weight is 320 g/mol. The fourth-order valence-electron chi connectivity index (χ4n) is 2.61. The number of esters is 1. The van der Waals surface area contributed by atoms with Crippen molar-refractivity contribution >= 4 is 17.8 Å². The Hall–Kier alpha value is -2.34. The van der Waals surface area contributed by atoms with Crippen LogP contribution in [0, 0.1) is 5.92 Å². The Morgan fingerprint density at radius 2 is 1.96 bits per heavy atom. The summed E-state index contributed by atoms with van der Waals surface area (Å²) in [6.45, 7) is 1.50. The molecule has 1 aliphatic rings. The number of Topliss-reactive ketones (excluding diaryl/α,β-unsaturated/α-hetero) is 1. The van der Waals surface area contributed by atoms with Crippen LogP contribution in [0.5, 0.6) is 11.5 Å². The highest BCUT2D eigenvalue weighted by molar-refractivity contribution is 5.87. The van der Waals surface area contributed by atoms with Crippen molar-refractivity contribution < 1.29 is 29.6 Å². The Bertz CT molecular complexity index is 622. The van der Waals surface area contributed by atoms with Gasteiger partial charge in [0.1, 0.15) is 11.9 Å². The van der Waals surface area contributed by atoms with Crippen molar-refractivity contribution in [3.63, 3.8) is 0 Å². The molecule has 6 heteroatoms. The first kappa shape index (κ1) is 17.0. The second-order valence-electron chi connectivity index (χ2n) is 5.74. The first-order chi connectivity index (χ1) is 10.9. The van der Waals surface area contributed by atoms with E-state index in [0.717, 1.165) is 0 Å². The molecule has 1 aromatic carbocycles. The third-order valence-electron chi connectivity index (χ3n) is 4.01. The standard InChI is InChI=1S/C17H20O6/c1-10(18)12-4-6-14(20)16(9-12)23-17(22)7-3-11-2-5-13(19)15(21)8-11/h2-3,5,7-8,12,14,16,19-21H,4,6,9H2,1H3/b7-3+/t12-,14-,16-/m1/s1. The maximum absolute atomic E-state index is 11.8. The van der Waals surface area contributed by atoms with Crippen LogP contribution in [-0.2, 0) is 14.3 Å². The smallest absolute Gasteiger partial charge is 0.331 e. The van der Waals surface area contributed by atoms with E-state index in [1.54, 1.807) is 0 Å². The topological polar surface area (TPSA) is 104 Å². The zero-order valence-corrected chi connectivity index (χ0v) is 12.8. The molecule has 2 rings (SSSR count). The van der Waals surface area contributed by atoms with E-state index in [9.17, 15) is 24.9 Å². The Labute approximate surface area is 134 Å². The summed E-state index contributed by atoms with van der Waals surface area (Å²) in [6, 6.07) is 4.14. The van der Waals surface area contributed by atoms with Crippen molar-refractivity contribution in [1.82, 2.24) is 0 Å². The molecule has 1 aliphatic carbocycles. The van der Waals surface area contributed by atoms with Crippen molar-refractivity contribution in [1.29, 1.82) is 0 Å². The summed E-state index contributed by atoms with van der Waals surface area (Å²) >= 11 is 0. The highest BCUT2D eigenvalue weighted by atomic mass is 16.6. The van der Waals surface area contributed by atoms with Crippen LogP contribution in [0.3, 0.4) is 0 Å². The SMILES string of the molecule is CC(=O)[C@@H]1CC[C@@H](O)[C@H](OC(=O)/C=C/c2ccc(O)c(O)c2)C1. The van der Waals surface area contributed by atoms with Gasteiger partial charge in [-0.3, -0.25) is 4.79 Å². The fraction of sp³-hybridized carbons (Fsp3) is 0.412. The van der Waals surface area contributed by atoms with Crippen molar-refractivity contribution in [3.8, 4) is 11.5 Å². The quantitative estimate of drug-likeness (QED) is 0.444. The molecule has 0 radical (unpaired) electrons. The number of hydrogen-bond acceptors (Lipinski definition) is 6. The zero-order valence-electron chi connectivity index (χ0n) is 12.8. The third kappa shape index (κ3) is 4.56. The van der Waals surface area contributed by atoms with Crippen LogP contribution >= 0.6 is 0 Å². The molecule has 3 N–H and O–H groups in total. The number of ether oxygens (including phenoxy) is 1. The molecule has 0 aliphatic heterocycles. The first-order valence-corrected chi connectivity index (χ1v) is 7.46. The van der Waals surface area contributed by atoms with Crippen LogP contribution in [-0.4, -0.2) is 39.3 Å². The number of hydrogen-bond donors (Lipinski definition) is 3. The highest BCUT2D eigenvalue weighted by Crippen LogP contribution is 2.28. The van der Waals surface area contributed by atoms with E-state index in [4.69, 9.17) is 4.74 Å². The summed E-state index contributed by atoms with van der Waals surface area (Å²) < 4.78 is 5.22. The summed E-state index contributed by atoms with van der Waals surface area (Å²) in [5.41, 5.74) is 0.517. The van der Waals surface area contributed by atoms with Gasteiger partial charge < -0.3 is 20.1 Å². The number of phenols is 2. The van der Waals surface area contributed by atoms with Gasteiger partial charge >= 0.3 is 5.97 Å². The maximum Gasteiger partial charge on any atom is 0.331 e. The van der Waals surface area contributed by atoms with Crippen LogP contribution < -0.4 is 0 Å². The lowest BCUT2D eigenvalue weighted by Gasteiger charge is -2.31. The summed E-state index contributed by atoms with van der Waals surface area (Å²) in [5.74, 6) is -1.31. The number of carbonyl (C=O) groups excluding carboxylic acids is 2. The lowest BCUT2D eigenvalue weighted by Crippen LogP contribution is -2.38. The molecule has 1 fully saturated rings. The van der Waals surface area contributed by atoms with Gasteiger partial charge in [-0.05, 0) is 50.0 Å². The summed E-state index contributed by atoms with van der Waals surface area (Å²) in [5, 5.41) is 28.5. The van der Waals surface area contributed by atoms with Crippen LogP contribution in [0.1, 0.15) is 31.7 Å². The normalized spacial score (nSPS) is 24.5. The van der Waals surface area contributed by atoms with E-state index >= 15 is 0 Å². The molecule has 1 saturated carbocycles. The number of rotatable bonds is 4. The van der Waals surface area contributed by atoms with Gasteiger partial charge in [0.25, 0.3) is 0 Å². The molecule has 3 atom stereocenters. The molecular weight excluding hydrogens is 300 g/mol. The molecule has 1 aromatic rings. The molecule has 0 unspecified atom stereocenters. The van der Waals surface area contributed by atoms with Gasteiger partial charge in [-0.1, -0.05) is 6.07 Å². The summed E-state index contributed by atoms with van der Waals surface area (Å²) in [4.78, 5) is 23.3. The van der Waals surface area contributed by atoms with Crippen molar-refractivity contribution in [2.45, 2.75) is 38.4 Å². The minimum atomic E-state index is -0.763. The highest BCUT2D eigenvalue weighted by Gasteiger charge is 2.33. The Morgan fingerprint density at radius 1 is 1.22 bits per heavy atom. The fourth-order valence-corrected chi connectivity index (χ4v) is 2.61. The molecule has 0 saturated heterocycles. The molecular formula is C17H20O6. The van der Waals surface area contributed by atoms with Crippen LogP contribution in [0.25, 0.3) is 6.08 Å². The van der Waals surface area contributed by atoms with Gasteiger partial charge in [-0.15, -0.1) is 0 Å². The Morgan fingerprint density at radius 3 is 2.61 bits per heavy atom. The van der Waals surface area contributed by atoms with Gasteiger partial charge in [0.05, 0.1) is 6.10 Å². The molecule has 0 aromatic heterocycles. The zero-order chi connectivity index (χ0) is 17.0. The number of aliphatic hydroxyl groups excluding tert-OH is 1. The van der Waals surface area contributed by atoms with E-state index in [0.29, 0.717) is 24.8 Å². The summed E-state index contributed by atoms with van der Waals surface area (Å²) in [7, 11) is 0. The number of aliphatic hydroxyl groups is 1. The molecule has 23 heavy (non-hydrogen) atoms. The van der Waals surface area contributed by atoms with Gasteiger partial charge in [0.2, 0.25) is 0 Å². The number of benzene rings is 1. The minimum Gasteiger partial charge on any atom is -0.504 e. The van der Waals surface area contributed by atoms with Crippen molar-refractivity contribution in [2.24, 2.45) is 5.92 Å². The Balaban J connectivity index is 1.96. The minimum absolute atomic E-state index is 0.0352. The van der Waals surface area contributed by atoms with Crippen LogP contribution in [0.4, 0.5) is 0 Å². The van der Waals surface area contributed by atoms with E-state index in [-0.39, 0.29) is 23.2 Å². The van der Waals surface area contributed by atoms with E-state index in [2.05, 4.69) is 0 Å². The first-order valence-electron chi connectivity index (χ1n) is 7.46. The van der Waals surface area contributed by atoms with Crippen molar-refractivity contribution in [2.75, 3.05) is 0 Å².